The van der Waals surface area contributed by atoms with Gasteiger partial charge in [-0.1, -0.05) is 36.9 Å². The van der Waals surface area contributed by atoms with Crippen molar-refractivity contribution in [3.8, 4) is 0 Å². The highest BCUT2D eigenvalue weighted by Crippen LogP contribution is 2.08. The van der Waals surface area contributed by atoms with Crippen LogP contribution < -0.4 is 0 Å². The third kappa shape index (κ3) is 3.85. The van der Waals surface area contributed by atoms with Crippen LogP contribution in [-0.4, -0.2) is 23.0 Å². The van der Waals surface area contributed by atoms with Crippen LogP contribution in [0.2, 0.25) is 0 Å². The van der Waals surface area contributed by atoms with E-state index in [2.05, 4.69) is 6.58 Å². The lowest BCUT2D eigenvalue weighted by Crippen LogP contribution is -2.30. The fourth-order valence-corrected chi connectivity index (χ4v) is 1.29. The fraction of sp³-hybridized carbons (Fsp3) is 0.231. The Kier molecular flexibility index (Phi) is 4.60. The van der Waals surface area contributed by atoms with Crippen molar-refractivity contribution in [3.05, 3.63) is 42.0 Å². The lowest BCUT2D eigenvalue weighted by atomic mass is 10.1. The van der Waals surface area contributed by atoms with Gasteiger partial charge in [-0.25, -0.2) is 4.79 Å². The van der Waals surface area contributed by atoms with Crippen LogP contribution in [-0.2, 0) is 20.9 Å². The van der Waals surface area contributed by atoms with Gasteiger partial charge in [0.25, 0.3) is 0 Å². The Morgan fingerprint density at radius 3 is 2.41 bits per heavy atom. The van der Waals surface area contributed by atoms with Crippen molar-refractivity contribution < 1.29 is 19.4 Å². The normalized spacial score (nSPS) is 11.8. The molecule has 1 atom stereocenters. The highest BCUT2D eigenvalue weighted by Gasteiger charge is 2.22. The molecule has 0 amide bonds. The summed E-state index contributed by atoms with van der Waals surface area (Å²) in [6, 6.07) is 7.29. The minimum absolute atomic E-state index is 0.0912. The number of Topliss-reactive ketones (excluding diaryl/α,β-unsaturated/α-hetero) is 1. The molecule has 0 heterocycles. The van der Waals surface area contributed by atoms with Crippen molar-refractivity contribution >= 4 is 17.8 Å². The maximum atomic E-state index is 11.0. The van der Waals surface area contributed by atoms with E-state index in [0.29, 0.717) is 0 Å². The van der Waals surface area contributed by atoms with Crippen LogP contribution in [0.3, 0.4) is 0 Å². The Labute approximate surface area is 99.5 Å². The molecule has 0 saturated heterocycles. The van der Waals surface area contributed by atoms with Crippen molar-refractivity contribution in [2.24, 2.45) is 0 Å². The summed E-state index contributed by atoms with van der Waals surface area (Å²) < 4.78 is 5.05. The van der Waals surface area contributed by atoms with Gasteiger partial charge in [0.05, 0.1) is 6.61 Å². The Morgan fingerprint density at radius 2 is 2.00 bits per heavy atom. The number of carbonyl (C=O) groups is 2. The largest absolute Gasteiger partial charge is 0.479 e. The Morgan fingerprint density at radius 1 is 1.41 bits per heavy atom. The highest BCUT2D eigenvalue weighted by atomic mass is 16.5. The Balaban J connectivity index is 2.62. The van der Waals surface area contributed by atoms with Crippen LogP contribution in [0.5, 0.6) is 0 Å². The predicted molar refractivity (Wildman–Crippen MR) is 63.4 cm³/mol. The molecule has 1 aromatic rings. The van der Waals surface area contributed by atoms with Crippen LogP contribution in [0.25, 0.3) is 6.08 Å². The molecule has 4 heteroatoms. The molecule has 0 aliphatic rings. The smallest absolute Gasteiger partial charge is 0.340 e. The second-order valence-corrected chi connectivity index (χ2v) is 3.59. The van der Waals surface area contributed by atoms with Gasteiger partial charge in [0.1, 0.15) is 0 Å². The third-order valence-electron chi connectivity index (χ3n) is 2.23. The molecule has 1 unspecified atom stereocenters. The van der Waals surface area contributed by atoms with E-state index in [1.165, 1.54) is 6.92 Å². The zero-order chi connectivity index (χ0) is 12.8. The van der Waals surface area contributed by atoms with Gasteiger partial charge in [-0.3, -0.25) is 4.79 Å². The molecule has 0 bridgehead atoms. The molecular formula is C13H14O4. The SMILES string of the molecule is C=Cc1ccc(COC(C(C)=O)C(=O)O)cc1. The first-order valence-corrected chi connectivity index (χ1v) is 5.11. The number of hydrogen-bond acceptors (Lipinski definition) is 3. The molecule has 0 radical (unpaired) electrons. The van der Waals surface area contributed by atoms with E-state index in [1.54, 1.807) is 18.2 Å². The van der Waals surface area contributed by atoms with Crippen LogP contribution in [0.1, 0.15) is 18.1 Å². The van der Waals surface area contributed by atoms with Gasteiger partial charge in [0, 0.05) is 0 Å². The van der Waals surface area contributed by atoms with E-state index < -0.39 is 17.9 Å². The van der Waals surface area contributed by atoms with E-state index in [0.717, 1.165) is 11.1 Å². The molecule has 17 heavy (non-hydrogen) atoms. The van der Waals surface area contributed by atoms with E-state index >= 15 is 0 Å². The average molecular weight is 234 g/mol. The Hall–Kier alpha value is -1.94. The van der Waals surface area contributed by atoms with Crippen LogP contribution >= 0.6 is 0 Å². The molecule has 4 nitrogen and oxygen atoms in total. The number of ketones is 1. The van der Waals surface area contributed by atoms with E-state index in [1.807, 2.05) is 12.1 Å². The van der Waals surface area contributed by atoms with Crippen molar-refractivity contribution in [2.45, 2.75) is 19.6 Å². The first kappa shape index (κ1) is 13.1. The van der Waals surface area contributed by atoms with E-state index in [9.17, 15) is 9.59 Å². The van der Waals surface area contributed by atoms with Gasteiger partial charge in [-0.2, -0.15) is 0 Å². The minimum Gasteiger partial charge on any atom is -0.479 e. The number of ether oxygens (including phenoxy) is 1. The molecule has 1 rings (SSSR count). The quantitative estimate of drug-likeness (QED) is 0.763. The summed E-state index contributed by atoms with van der Waals surface area (Å²) in [4.78, 5) is 21.7. The lowest BCUT2D eigenvalue weighted by Gasteiger charge is -2.10. The molecule has 0 fully saturated rings. The summed E-state index contributed by atoms with van der Waals surface area (Å²) in [5, 5.41) is 8.74. The third-order valence-corrected chi connectivity index (χ3v) is 2.23. The molecule has 0 aromatic heterocycles. The van der Waals surface area contributed by atoms with Gasteiger partial charge >= 0.3 is 5.97 Å². The predicted octanol–water partition coefficient (Wildman–Crippen LogP) is 1.89. The summed E-state index contributed by atoms with van der Waals surface area (Å²) in [5.74, 6) is -1.78. The highest BCUT2D eigenvalue weighted by molar-refractivity contribution is 5.99. The minimum atomic E-state index is -1.39. The summed E-state index contributed by atoms with van der Waals surface area (Å²) >= 11 is 0. The van der Waals surface area contributed by atoms with Gasteiger partial charge < -0.3 is 9.84 Å². The molecule has 0 aliphatic heterocycles. The second kappa shape index (κ2) is 5.96. The number of carboxylic acid groups (broad SMARTS) is 1. The summed E-state index contributed by atoms with van der Waals surface area (Å²) in [7, 11) is 0. The number of aliphatic carboxylic acids is 1. The maximum Gasteiger partial charge on any atom is 0.340 e. The number of carboxylic acids is 1. The molecule has 1 aromatic carbocycles. The second-order valence-electron chi connectivity index (χ2n) is 3.59. The first-order chi connectivity index (χ1) is 8.04. The molecule has 1 N–H and O–H groups in total. The Bertz CT molecular complexity index is 406. The van der Waals surface area contributed by atoms with Gasteiger partial charge in [-0.05, 0) is 18.1 Å². The fourth-order valence-electron chi connectivity index (χ4n) is 1.29. The number of carbonyl (C=O) groups excluding carboxylic acids is 1. The average Bonchev–Trinajstić information content (AvgIpc) is 2.29. The molecule has 0 aliphatic carbocycles. The maximum absolute atomic E-state index is 11.0. The summed E-state index contributed by atoms with van der Waals surface area (Å²) in [6.07, 6.45) is 0.314. The number of hydrogen-bond donors (Lipinski definition) is 1. The monoisotopic (exact) mass is 234 g/mol. The van der Waals surface area contributed by atoms with Crippen LogP contribution in [0.15, 0.2) is 30.8 Å². The van der Waals surface area contributed by atoms with Crippen LogP contribution in [0.4, 0.5) is 0 Å². The first-order valence-electron chi connectivity index (χ1n) is 5.11. The zero-order valence-electron chi connectivity index (χ0n) is 9.55. The molecular weight excluding hydrogens is 220 g/mol. The standard InChI is InChI=1S/C13H14O4/c1-3-10-4-6-11(7-5-10)8-17-12(9(2)14)13(15)16/h3-7,12H,1,8H2,2H3,(H,15,16). The summed E-state index contributed by atoms with van der Waals surface area (Å²) in [5.41, 5.74) is 1.78. The van der Waals surface area contributed by atoms with Crippen LogP contribution in [0, 0.1) is 0 Å². The van der Waals surface area contributed by atoms with Gasteiger partial charge in [0.2, 0.25) is 6.10 Å². The lowest BCUT2D eigenvalue weighted by molar-refractivity contribution is -0.156. The molecule has 90 valence electrons. The van der Waals surface area contributed by atoms with E-state index in [4.69, 9.17) is 9.84 Å². The van der Waals surface area contributed by atoms with Crippen molar-refractivity contribution in [1.82, 2.24) is 0 Å². The molecule has 0 spiro atoms. The number of benzene rings is 1. The van der Waals surface area contributed by atoms with Gasteiger partial charge in [-0.15, -0.1) is 0 Å². The molecule has 0 saturated carbocycles. The topological polar surface area (TPSA) is 63.6 Å². The zero-order valence-corrected chi connectivity index (χ0v) is 9.55. The number of rotatable bonds is 6. The van der Waals surface area contributed by atoms with Gasteiger partial charge in [0.15, 0.2) is 5.78 Å². The van der Waals surface area contributed by atoms with Crippen molar-refractivity contribution in [3.63, 3.8) is 0 Å². The van der Waals surface area contributed by atoms with Crippen molar-refractivity contribution in [1.29, 1.82) is 0 Å². The summed E-state index contributed by atoms with van der Waals surface area (Å²) in [6.45, 7) is 4.91. The van der Waals surface area contributed by atoms with E-state index in [-0.39, 0.29) is 6.61 Å². The van der Waals surface area contributed by atoms with Crippen molar-refractivity contribution in [2.75, 3.05) is 0 Å².